The van der Waals surface area contributed by atoms with Crippen LogP contribution in [0.5, 0.6) is 23.0 Å². The highest BCUT2D eigenvalue weighted by molar-refractivity contribution is 6.04. The van der Waals surface area contributed by atoms with E-state index in [-0.39, 0.29) is 11.3 Å². The fraction of sp³-hybridized carbons (Fsp3) is 0.160. The van der Waals surface area contributed by atoms with Crippen LogP contribution in [0.15, 0.2) is 53.7 Å². The molecule has 0 atom stereocenters. The Labute approximate surface area is 208 Å². The van der Waals surface area contributed by atoms with Crippen LogP contribution in [0.1, 0.15) is 10.4 Å². The van der Waals surface area contributed by atoms with Crippen LogP contribution >= 0.6 is 0 Å². The Balaban J connectivity index is 1.66. The number of ether oxygens (including phenoxy) is 3. The molecule has 0 bridgehead atoms. The summed E-state index contributed by atoms with van der Waals surface area (Å²) in [5.41, 5.74) is -1.46. The molecular weight excluding hydrogens is 493 g/mol. The highest BCUT2D eigenvalue weighted by Gasteiger charge is 2.24. The van der Waals surface area contributed by atoms with Crippen LogP contribution in [-0.2, 0) is 0 Å². The van der Waals surface area contributed by atoms with E-state index in [4.69, 9.17) is 14.2 Å². The first-order chi connectivity index (χ1) is 17.8. The number of anilines is 1. The summed E-state index contributed by atoms with van der Waals surface area (Å²) in [4.78, 5) is 30.9. The van der Waals surface area contributed by atoms with Crippen molar-refractivity contribution >= 4 is 22.5 Å². The summed E-state index contributed by atoms with van der Waals surface area (Å²) >= 11 is 0. The van der Waals surface area contributed by atoms with Crippen molar-refractivity contribution in [3.8, 4) is 23.0 Å². The Bertz CT molecular complexity index is 1530. The van der Waals surface area contributed by atoms with E-state index >= 15 is 0 Å². The number of pyridine rings is 2. The number of nitrogens with zero attached hydrogens (tertiary/aromatic N) is 1. The Hall–Kier alpha value is -4.58. The summed E-state index contributed by atoms with van der Waals surface area (Å²) in [5, 5.41) is 5.26. The molecule has 0 spiro atoms. The van der Waals surface area contributed by atoms with Crippen molar-refractivity contribution in [3.05, 3.63) is 82.2 Å². The standard InChI is InChI=1S/C25H21F3N4O5/c1-29-7-8-36-21-11-16-13(9-20(21)35-2)19(4-6-31-16)37-24-15(26)10-17(22(27)23(24)28)32-25(34)14-12-30-5-3-18(14)33/h3-6,9-12,29H,7-8H2,1-2H3,(H,30,33)(H,32,34). The lowest BCUT2D eigenvalue weighted by atomic mass is 10.1. The smallest absolute Gasteiger partial charge is 0.261 e. The van der Waals surface area contributed by atoms with Crippen LogP contribution in [0.3, 0.4) is 0 Å². The second-order valence-corrected chi connectivity index (χ2v) is 7.62. The van der Waals surface area contributed by atoms with Gasteiger partial charge in [0, 0.05) is 48.7 Å². The van der Waals surface area contributed by atoms with E-state index in [1.54, 1.807) is 13.1 Å². The number of fused-ring (bicyclic) bond motifs is 1. The number of aromatic nitrogens is 2. The fourth-order valence-corrected chi connectivity index (χ4v) is 3.41. The van der Waals surface area contributed by atoms with Crippen LogP contribution in [0, 0.1) is 17.5 Å². The van der Waals surface area contributed by atoms with Crippen molar-refractivity contribution in [1.29, 1.82) is 0 Å². The molecule has 0 aliphatic carbocycles. The molecule has 0 saturated carbocycles. The van der Waals surface area contributed by atoms with Gasteiger partial charge in [0.25, 0.3) is 5.91 Å². The number of hydrogen-bond acceptors (Lipinski definition) is 7. The summed E-state index contributed by atoms with van der Waals surface area (Å²) in [5.74, 6) is -5.94. The lowest BCUT2D eigenvalue weighted by Crippen LogP contribution is -2.21. The highest BCUT2D eigenvalue weighted by atomic mass is 19.2. The minimum Gasteiger partial charge on any atom is -0.493 e. The number of aromatic amines is 1. The maximum atomic E-state index is 14.9. The average molecular weight is 514 g/mol. The van der Waals surface area contributed by atoms with Gasteiger partial charge in [-0.05, 0) is 19.2 Å². The number of H-pyrrole nitrogens is 1. The maximum absolute atomic E-state index is 14.9. The van der Waals surface area contributed by atoms with Crippen molar-refractivity contribution in [2.45, 2.75) is 0 Å². The normalized spacial score (nSPS) is 10.8. The molecular formula is C25H21F3N4O5. The summed E-state index contributed by atoms with van der Waals surface area (Å²) < 4.78 is 61.0. The molecule has 3 N–H and O–H groups in total. The molecule has 0 saturated heterocycles. The monoisotopic (exact) mass is 514 g/mol. The number of halogens is 3. The number of nitrogens with one attached hydrogen (secondary N) is 3. The van der Waals surface area contributed by atoms with Crippen molar-refractivity contribution in [2.75, 3.05) is 32.6 Å². The van der Waals surface area contributed by atoms with Gasteiger partial charge in [0.2, 0.25) is 11.6 Å². The number of rotatable bonds is 9. The van der Waals surface area contributed by atoms with Crippen molar-refractivity contribution in [3.63, 3.8) is 0 Å². The molecule has 2 aromatic heterocycles. The molecule has 4 aromatic rings. The summed E-state index contributed by atoms with van der Waals surface area (Å²) in [6.45, 7) is 0.936. The molecule has 37 heavy (non-hydrogen) atoms. The predicted octanol–water partition coefficient (Wildman–Crippen LogP) is 3.99. The van der Waals surface area contributed by atoms with Crippen LogP contribution in [0.4, 0.5) is 18.9 Å². The number of amides is 1. The minimum absolute atomic E-state index is 0.0325. The Morgan fingerprint density at radius 3 is 2.62 bits per heavy atom. The van der Waals surface area contributed by atoms with E-state index in [0.717, 1.165) is 12.3 Å². The lowest BCUT2D eigenvalue weighted by Gasteiger charge is -2.15. The average Bonchev–Trinajstić information content (AvgIpc) is 2.89. The molecule has 192 valence electrons. The fourth-order valence-electron chi connectivity index (χ4n) is 3.41. The van der Waals surface area contributed by atoms with Crippen LogP contribution in [-0.4, -0.2) is 43.2 Å². The van der Waals surface area contributed by atoms with Crippen molar-refractivity contribution in [1.82, 2.24) is 15.3 Å². The van der Waals surface area contributed by atoms with E-state index in [2.05, 4.69) is 15.3 Å². The Morgan fingerprint density at radius 1 is 1.08 bits per heavy atom. The van der Waals surface area contributed by atoms with Gasteiger partial charge in [-0.1, -0.05) is 0 Å². The zero-order valence-corrected chi connectivity index (χ0v) is 19.7. The number of carbonyl (C=O) groups excluding carboxylic acids is 1. The first-order valence-corrected chi connectivity index (χ1v) is 10.9. The van der Waals surface area contributed by atoms with E-state index in [1.165, 1.54) is 31.6 Å². The Morgan fingerprint density at radius 2 is 1.89 bits per heavy atom. The van der Waals surface area contributed by atoms with Crippen molar-refractivity contribution < 1.29 is 32.2 Å². The molecule has 0 aliphatic rings. The zero-order valence-electron chi connectivity index (χ0n) is 19.7. The van der Waals surface area contributed by atoms with Gasteiger partial charge in [-0.25, -0.2) is 8.78 Å². The van der Waals surface area contributed by atoms with Crippen molar-refractivity contribution in [2.24, 2.45) is 0 Å². The molecule has 0 unspecified atom stereocenters. The molecule has 9 nitrogen and oxygen atoms in total. The van der Waals surface area contributed by atoms with Gasteiger partial charge < -0.3 is 29.8 Å². The quantitative estimate of drug-likeness (QED) is 0.229. The molecule has 0 fully saturated rings. The molecule has 0 aliphatic heterocycles. The number of hydrogen-bond donors (Lipinski definition) is 3. The third kappa shape index (κ3) is 5.33. The molecule has 12 heteroatoms. The van der Waals surface area contributed by atoms with Gasteiger partial charge in [0.1, 0.15) is 17.9 Å². The molecule has 2 aromatic carbocycles. The maximum Gasteiger partial charge on any atom is 0.261 e. The third-order valence-corrected chi connectivity index (χ3v) is 5.24. The van der Waals surface area contributed by atoms with Gasteiger partial charge in [-0.3, -0.25) is 14.6 Å². The number of carbonyl (C=O) groups is 1. The van der Waals surface area contributed by atoms with Crippen LogP contribution in [0.25, 0.3) is 10.9 Å². The van der Waals surface area contributed by atoms with Gasteiger partial charge in [-0.2, -0.15) is 4.39 Å². The van der Waals surface area contributed by atoms with E-state index in [9.17, 15) is 22.8 Å². The first-order valence-electron chi connectivity index (χ1n) is 10.9. The minimum atomic E-state index is -1.68. The molecule has 2 heterocycles. The second kappa shape index (κ2) is 11.0. The second-order valence-electron chi connectivity index (χ2n) is 7.62. The number of methoxy groups -OCH3 is 1. The van der Waals surface area contributed by atoms with Crippen LogP contribution < -0.4 is 30.3 Å². The largest absolute Gasteiger partial charge is 0.493 e. The molecule has 0 radical (unpaired) electrons. The highest BCUT2D eigenvalue weighted by Crippen LogP contribution is 2.39. The lowest BCUT2D eigenvalue weighted by molar-refractivity contribution is 0.102. The van der Waals surface area contributed by atoms with E-state index in [1.807, 2.05) is 5.32 Å². The topological polar surface area (TPSA) is 115 Å². The number of benzene rings is 2. The van der Waals surface area contributed by atoms with Gasteiger partial charge in [0.15, 0.2) is 28.6 Å². The Kier molecular flexibility index (Phi) is 7.58. The molecule has 1 amide bonds. The summed E-state index contributed by atoms with van der Waals surface area (Å²) in [6.07, 6.45) is 3.72. The van der Waals surface area contributed by atoms with E-state index < -0.39 is 40.2 Å². The summed E-state index contributed by atoms with van der Waals surface area (Å²) in [6, 6.07) is 6.07. The van der Waals surface area contributed by atoms with Crippen LogP contribution in [0.2, 0.25) is 0 Å². The first kappa shape index (κ1) is 25.5. The SMILES string of the molecule is CNCCOc1cc2nccc(Oc3c(F)cc(NC(=O)c4c[nH]ccc4=O)c(F)c3F)c2cc1OC. The number of likely N-dealkylation sites (N-methyl/N-ethyl adjacent to an activating group) is 1. The third-order valence-electron chi connectivity index (χ3n) is 5.24. The zero-order chi connectivity index (χ0) is 26.5. The van der Waals surface area contributed by atoms with Gasteiger partial charge in [0.05, 0.1) is 18.3 Å². The van der Waals surface area contributed by atoms with Gasteiger partial charge in [-0.15, -0.1) is 0 Å². The predicted molar refractivity (Wildman–Crippen MR) is 129 cm³/mol. The molecule has 4 rings (SSSR count). The van der Waals surface area contributed by atoms with E-state index in [0.29, 0.717) is 41.6 Å². The summed E-state index contributed by atoms with van der Waals surface area (Å²) in [7, 11) is 3.20. The van der Waals surface area contributed by atoms with Gasteiger partial charge >= 0.3 is 0 Å².